The van der Waals surface area contributed by atoms with Crippen molar-refractivity contribution in [1.82, 2.24) is 4.98 Å². The van der Waals surface area contributed by atoms with E-state index in [1.165, 1.54) is 11.2 Å². The molecule has 2 aromatic heterocycles. The van der Waals surface area contributed by atoms with E-state index in [4.69, 9.17) is 9.15 Å². The maximum absolute atomic E-state index is 13.2. The number of aromatic amines is 1. The van der Waals surface area contributed by atoms with Crippen LogP contribution in [-0.4, -0.2) is 18.0 Å². The van der Waals surface area contributed by atoms with E-state index in [-0.39, 0.29) is 23.8 Å². The lowest BCUT2D eigenvalue weighted by Gasteiger charge is -2.23. The number of hydrogen-bond donors (Lipinski definition) is 1. The summed E-state index contributed by atoms with van der Waals surface area (Å²) < 4.78 is 10.7. The van der Waals surface area contributed by atoms with Crippen LogP contribution < -0.4 is 15.2 Å². The number of H-pyrrole nitrogens is 1. The molecular weight excluding hydrogens is 368 g/mol. The first kappa shape index (κ1) is 18.6. The van der Waals surface area contributed by atoms with Gasteiger partial charge < -0.3 is 14.1 Å². The Morgan fingerprint density at radius 3 is 2.69 bits per heavy atom. The zero-order chi connectivity index (χ0) is 20.4. The van der Waals surface area contributed by atoms with E-state index < -0.39 is 0 Å². The predicted molar refractivity (Wildman–Crippen MR) is 112 cm³/mol. The smallest absolute Gasteiger partial charge is 0.294 e. The van der Waals surface area contributed by atoms with E-state index >= 15 is 0 Å². The molecule has 0 saturated carbocycles. The fraction of sp³-hybridized carbons (Fsp3) is 0.130. The number of nitrogens with one attached hydrogen (secondary N) is 1. The van der Waals surface area contributed by atoms with E-state index in [1.807, 2.05) is 43.3 Å². The van der Waals surface area contributed by atoms with E-state index in [1.54, 1.807) is 31.4 Å². The monoisotopic (exact) mass is 388 g/mol. The minimum Gasteiger partial charge on any atom is -0.495 e. The summed E-state index contributed by atoms with van der Waals surface area (Å²) in [5.74, 6) is 0.354. The Morgan fingerprint density at radius 2 is 1.93 bits per heavy atom. The molecule has 4 aromatic rings. The molecule has 1 N–H and O–H groups in total. The number of ether oxygens (including phenoxy) is 1. The molecule has 0 aliphatic heterocycles. The number of rotatable bonds is 5. The quantitative estimate of drug-likeness (QED) is 0.554. The zero-order valence-electron chi connectivity index (χ0n) is 16.1. The Balaban J connectivity index is 1.82. The van der Waals surface area contributed by atoms with Gasteiger partial charge in [-0.1, -0.05) is 30.3 Å². The fourth-order valence-electron chi connectivity index (χ4n) is 3.37. The molecule has 0 bridgehead atoms. The summed E-state index contributed by atoms with van der Waals surface area (Å²) in [4.78, 5) is 30.4. The number of hydrogen-bond acceptors (Lipinski definition) is 4. The van der Waals surface area contributed by atoms with E-state index in [9.17, 15) is 9.59 Å². The molecule has 6 nitrogen and oxygen atoms in total. The molecule has 0 saturated heterocycles. The second-order valence-corrected chi connectivity index (χ2v) is 6.70. The van der Waals surface area contributed by atoms with Gasteiger partial charge in [0.2, 0.25) is 0 Å². The molecule has 29 heavy (non-hydrogen) atoms. The number of benzene rings is 2. The first-order valence-corrected chi connectivity index (χ1v) is 9.18. The highest BCUT2D eigenvalue weighted by Crippen LogP contribution is 2.30. The average molecular weight is 388 g/mol. The van der Waals surface area contributed by atoms with Crippen LogP contribution in [0.25, 0.3) is 10.9 Å². The lowest BCUT2D eigenvalue weighted by Crippen LogP contribution is -2.33. The lowest BCUT2D eigenvalue weighted by atomic mass is 10.1. The molecule has 1 amide bonds. The number of nitrogens with zero attached hydrogens (tertiary/aromatic N) is 1. The van der Waals surface area contributed by atoms with Crippen LogP contribution in [0.4, 0.5) is 5.69 Å². The first-order chi connectivity index (χ1) is 14.1. The number of amides is 1. The standard InChI is InChI=1S/C23H20N2O4/c1-15-7-5-8-16-13-17(22(26)24-21(15)16)14-25(23(27)20-11-6-12-29-20)18-9-3-4-10-19(18)28-2/h3-13H,14H2,1-2H3,(H,24,26). The molecule has 0 fully saturated rings. The largest absolute Gasteiger partial charge is 0.495 e. The summed E-state index contributed by atoms with van der Waals surface area (Å²) >= 11 is 0. The summed E-state index contributed by atoms with van der Waals surface area (Å²) in [6, 6.07) is 18.1. The molecule has 0 aliphatic rings. The number of pyridine rings is 1. The van der Waals surface area contributed by atoms with Gasteiger partial charge in [-0.2, -0.15) is 0 Å². The SMILES string of the molecule is COc1ccccc1N(Cc1cc2cccc(C)c2[nH]c1=O)C(=O)c1ccco1. The Bertz CT molecular complexity index is 1230. The Labute approximate surface area is 167 Å². The number of para-hydroxylation sites is 3. The number of aryl methyl sites for hydroxylation is 1. The van der Waals surface area contributed by atoms with E-state index in [2.05, 4.69) is 4.98 Å². The molecule has 0 aliphatic carbocycles. The van der Waals surface area contributed by atoms with Gasteiger partial charge in [0.05, 0.1) is 31.1 Å². The Hall–Kier alpha value is -3.80. The van der Waals surface area contributed by atoms with Crippen molar-refractivity contribution in [2.45, 2.75) is 13.5 Å². The minimum absolute atomic E-state index is 0.0686. The minimum atomic E-state index is -0.358. The molecule has 6 heteroatoms. The third-order valence-electron chi connectivity index (χ3n) is 4.85. The molecular formula is C23H20N2O4. The van der Waals surface area contributed by atoms with E-state index in [0.29, 0.717) is 17.0 Å². The topological polar surface area (TPSA) is 75.5 Å². The van der Waals surface area contributed by atoms with Gasteiger partial charge in [-0.05, 0) is 48.2 Å². The van der Waals surface area contributed by atoms with Crippen molar-refractivity contribution in [3.63, 3.8) is 0 Å². The van der Waals surface area contributed by atoms with Gasteiger partial charge in [0, 0.05) is 5.56 Å². The highest BCUT2D eigenvalue weighted by molar-refractivity contribution is 6.05. The number of methoxy groups -OCH3 is 1. The maximum Gasteiger partial charge on any atom is 0.294 e. The molecule has 146 valence electrons. The van der Waals surface area contributed by atoms with Crippen LogP contribution in [-0.2, 0) is 6.54 Å². The second kappa shape index (κ2) is 7.67. The van der Waals surface area contributed by atoms with Gasteiger partial charge >= 0.3 is 0 Å². The molecule has 2 heterocycles. The number of anilines is 1. The van der Waals surface area contributed by atoms with Crippen LogP contribution in [0, 0.1) is 6.92 Å². The van der Waals surface area contributed by atoms with Gasteiger partial charge in [0.25, 0.3) is 11.5 Å². The number of aromatic nitrogens is 1. The number of carbonyl (C=O) groups is 1. The number of furan rings is 1. The number of carbonyl (C=O) groups excluding carboxylic acids is 1. The van der Waals surface area contributed by atoms with Crippen LogP contribution in [0.3, 0.4) is 0 Å². The molecule has 0 atom stereocenters. The van der Waals surface area contributed by atoms with Gasteiger partial charge in [-0.25, -0.2) is 0 Å². The summed E-state index contributed by atoms with van der Waals surface area (Å²) in [5, 5.41) is 0.907. The van der Waals surface area contributed by atoms with Crippen LogP contribution in [0.5, 0.6) is 5.75 Å². The normalized spacial score (nSPS) is 10.8. The summed E-state index contributed by atoms with van der Waals surface area (Å²) in [6.07, 6.45) is 1.44. The summed E-state index contributed by atoms with van der Waals surface area (Å²) in [5.41, 5.74) is 2.56. The van der Waals surface area contributed by atoms with Crippen LogP contribution in [0.1, 0.15) is 21.7 Å². The zero-order valence-corrected chi connectivity index (χ0v) is 16.1. The van der Waals surface area contributed by atoms with Crippen molar-refractivity contribution >= 4 is 22.5 Å². The summed E-state index contributed by atoms with van der Waals surface area (Å²) in [7, 11) is 1.54. The fourth-order valence-corrected chi connectivity index (χ4v) is 3.37. The third kappa shape index (κ3) is 3.52. The highest BCUT2D eigenvalue weighted by atomic mass is 16.5. The van der Waals surface area contributed by atoms with Crippen LogP contribution in [0.15, 0.2) is 76.1 Å². The van der Waals surface area contributed by atoms with Crippen LogP contribution in [0.2, 0.25) is 0 Å². The van der Waals surface area contributed by atoms with Gasteiger partial charge in [-0.15, -0.1) is 0 Å². The summed E-state index contributed by atoms with van der Waals surface area (Å²) in [6.45, 7) is 2.01. The van der Waals surface area contributed by atoms with Gasteiger partial charge in [0.1, 0.15) is 5.75 Å². The van der Waals surface area contributed by atoms with Gasteiger partial charge in [0.15, 0.2) is 5.76 Å². The van der Waals surface area contributed by atoms with Crippen molar-refractivity contribution in [2.75, 3.05) is 12.0 Å². The Kier molecular flexibility index (Phi) is 4.91. The maximum atomic E-state index is 13.2. The molecule has 0 unspecified atom stereocenters. The van der Waals surface area contributed by atoms with Crippen molar-refractivity contribution in [3.8, 4) is 5.75 Å². The van der Waals surface area contributed by atoms with Crippen molar-refractivity contribution < 1.29 is 13.9 Å². The van der Waals surface area contributed by atoms with Gasteiger partial charge in [-0.3, -0.25) is 14.5 Å². The molecule has 2 aromatic carbocycles. The van der Waals surface area contributed by atoms with Crippen molar-refractivity contribution in [1.29, 1.82) is 0 Å². The first-order valence-electron chi connectivity index (χ1n) is 9.18. The molecule has 0 spiro atoms. The predicted octanol–water partition coefficient (Wildman–Crippen LogP) is 4.29. The lowest BCUT2D eigenvalue weighted by molar-refractivity contribution is 0.0957. The number of fused-ring (bicyclic) bond motifs is 1. The third-order valence-corrected chi connectivity index (χ3v) is 4.85. The van der Waals surface area contributed by atoms with Crippen molar-refractivity contribution in [3.05, 3.63) is 94.2 Å². The van der Waals surface area contributed by atoms with E-state index in [0.717, 1.165) is 16.5 Å². The second-order valence-electron chi connectivity index (χ2n) is 6.70. The molecule has 0 radical (unpaired) electrons. The molecule has 4 rings (SSSR count). The Morgan fingerprint density at radius 1 is 1.10 bits per heavy atom. The average Bonchev–Trinajstić information content (AvgIpc) is 3.27. The van der Waals surface area contributed by atoms with Crippen LogP contribution >= 0.6 is 0 Å². The van der Waals surface area contributed by atoms with Crippen molar-refractivity contribution in [2.24, 2.45) is 0 Å². The highest BCUT2D eigenvalue weighted by Gasteiger charge is 2.24.